The van der Waals surface area contributed by atoms with Gasteiger partial charge >= 0.3 is 5.97 Å². The molecule has 0 saturated carbocycles. The van der Waals surface area contributed by atoms with Gasteiger partial charge < -0.3 is 10.4 Å². The van der Waals surface area contributed by atoms with E-state index in [4.69, 9.17) is 0 Å². The average Bonchev–Trinajstić information content (AvgIpc) is 3.08. The largest absolute Gasteiger partial charge is 0.479 e. The number of benzene rings is 1. The quantitative estimate of drug-likeness (QED) is 0.903. The number of carbonyl (C=O) groups is 2. The van der Waals surface area contributed by atoms with Crippen molar-refractivity contribution >= 4 is 23.2 Å². The lowest BCUT2D eigenvalue weighted by atomic mass is 9.92. The Labute approximate surface area is 137 Å². The lowest BCUT2D eigenvalue weighted by Gasteiger charge is -2.26. The third kappa shape index (κ3) is 2.86. The van der Waals surface area contributed by atoms with Crippen molar-refractivity contribution < 1.29 is 19.1 Å². The molecule has 0 bridgehead atoms. The van der Waals surface area contributed by atoms with E-state index >= 15 is 0 Å². The predicted octanol–water partition coefficient (Wildman–Crippen LogP) is 3.11. The molecule has 4 nitrogen and oxygen atoms in total. The van der Waals surface area contributed by atoms with Gasteiger partial charge in [0.05, 0.1) is 4.88 Å². The molecular formula is C17H16FNO3S. The van der Waals surface area contributed by atoms with Crippen molar-refractivity contribution in [3.8, 4) is 0 Å². The Kier molecular flexibility index (Phi) is 3.93. The summed E-state index contributed by atoms with van der Waals surface area (Å²) in [6.07, 6.45) is 3.04. The van der Waals surface area contributed by atoms with Gasteiger partial charge in [-0.2, -0.15) is 0 Å². The number of thiophene rings is 1. The van der Waals surface area contributed by atoms with Crippen LogP contribution in [0.5, 0.6) is 0 Å². The van der Waals surface area contributed by atoms with E-state index < -0.39 is 23.2 Å². The molecule has 1 aliphatic carbocycles. The molecule has 1 unspecified atom stereocenters. The summed E-state index contributed by atoms with van der Waals surface area (Å²) in [5.41, 5.74) is -0.109. The van der Waals surface area contributed by atoms with Gasteiger partial charge in [0.1, 0.15) is 5.82 Å². The molecule has 1 aromatic heterocycles. The number of carboxylic acid groups (broad SMARTS) is 1. The second-order valence-corrected chi connectivity index (χ2v) is 6.94. The van der Waals surface area contributed by atoms with Crippen LogP contribution >= 0.6 is 11.3 Å². The Morgan fingerprint density at radius 2 is 1.96 bits per heavy atom. The molecule has 2 aromatic rings. The van der Waals surface area contributed by atoms with Crippen LogP contribution in [0.25, 0.3) is 0 Å². The number of rotatable bonds is 4. The summed E-state index contributed by atoms with van der Waals surface area (Å²) in [5.74, 6) is -2.07. The number of amides is 1. The molecule has 23 heavy (non-hydrogen) atoms. The van der Waals surface area contributed by atoms with E-state index in [0.717, 1.165) is 19.3 Å². The van der Waals surface area contributed by atoms with Crippen molar-refractivity contribution in [2.75, 3.05) is 0 Å². The Balaban J connectivity index is 1.88. The molecule has 3 rings (SSSR count). The Bertz CT molecular complexity index is 747. The normalized spacial score (nSPS) is 15.7. The molecule has 1 amide bonds. The minimum atomic E-state index is -1.61. The number of nitrogens with one attached hydrogen (secondary N) is 1. The van der Waals surface area contributed by atoms with Gasteiger partial charge in [-0.3, -0.25) is 4.79 Å². The molecule has 1 aromatic carbocycles. The van der Waals surface area contributed by atoms with Crippen molar-refractivity contribution in [2.45, 2.75) is 31.7 Å². The van der Waals surface area contributed by atoms with Gasteiger partial charge in [-0.15, -0.1) is 11.3 Å². The molecule has 0 fully saturated rings. The highest BCUT2D eigenvalue weighted by Crippen LogP contribution is 2.31. The van der Waals surface area contributed by atoms with Gasteiger partial charge in [0.2, 0.25) is 0 Å². The van der Waals surface area contributed by atoms with Crippen LogP contribution in [-0.2, 0) is 23.2 Å². The van der Waals surface area contributed by atoms with E-state index in [1.165, 1.54) is 53.0 Å². The topological polar surface area (TPSA) is 66.4 Å². The highest BCUT2D eigenvalue weighted by atomic mass is 32.1. The van der Waals surface area contributed by atoms with Gasteiger partial charge in [0, 0.05) is 4.88 Å². The first-order valence-electron chi connectivity index (χ1n) is 7.33. The maximum Gasteiger partial charge on any atom is 0.333 e. The molecule has 2 N–H and O–H groups in total. The number of aliphatic carboxylic acids is 1. The third-order valence-corrected chi connectivity index (χ3v) is 5.42. The zero-order valence-corrected chi connectivity index (χ0v) is 13.4. The highest BCUT2D eigenvalue weighted by Gasteiger charge is 2.37. The number of carboxylic acids is 1. The summed E-state index contributed by atoms with van der Waals surface area (Å²) >= 11 is 1.42. The Hall–Kier alpha value is -2.21. The smallest absolute Gasteiger partial charge is 0.333 e. The standard InChI is InChI=1S/C17H16FNO3S/c1-17(16(21)22,11-5-7-12(18)8-6-11)19-15(20)14-9-10-3-2-4-13(10)23-14/h5-9H,2-4H2,1H3,(H,19,20)(H,21,22). The fourth-order valence-electron chi connectivity index (χ4n) is 2.76. The maximum absolute atomic E-state index is 13.1. The van der Waals surface area contributed by atoms with Crippen molar-refractivity contribution in [1.29, 1.82) is 0 Å². The van der Waals surface area contributed by atoms with E-state index in [2.05, 4.69) is 5.32 Å². The van der Waals surface area contributed by atoms with Gasteiger partial charge in [-0.05, 0) is 55.5 Å². The van der Waals surface area contributed by atoms with E-state index in [0.29, 0.717) is 10.4 Å². The molecule has 0 spiro atoms. The van der Waals surface area contributed by atoms with Crippen LogP contribution in [0.3, 0.4) is 0 Å². The van der Waals surface area contributed by atoms with Crippen LogP contribution in [0.15, 0.2) is 30.3 Å². The summed E-state index contributed by atoms with van der Waals surface area (Å²) in [6, 6.07) is 6.95. The van der Waals surface area contributed by atoms with Crippen LogP contribution in [-0.4, -0.2) is 17.0 Å². The SMILES string of the molecule is CC(NC(=O)c1cc2c(s1)CCC2)(C(=O)O)c1ccc(F)cc1. The molecule has 0 saturated heterocycles. The number of halogens is 1. The van der Waals surface area contributed by atoms with Crippen molar-refractivity contribution in [3.05, 3.63) is 57.0 Å². The molecule has 120 valence electrons. The number of aryl methyl sites for hydroxylation is 2. The average molecular weight is 333 g/mol. The zero-order valence-electron chi connectivity index (χ0n) is 12.6. The second-order valence-electron chi connectivity index (χ2n) is 5.80. The summed E-state index contributed by atoms with van der Waals surface area (Å²) in [4.78, 5) is 25.9. The lowest BCUT2D eigenvalue weighted by Crippen LogP contribution is -2.49. The molecule has 6 heteroatoms. The minimum Gasteiger partial charge on any atom is -0.479 e. The van der Waals surface area contributed by atoms with E-state index in [1.807, 2.05) is 6.07 Å². The molecule has 0 radical (unpaired) electrons. The van der Waals surface area contributed by atoms with Crippen LogP contribution in [0, 0.1) is 5.82 Å². The van der Waals surface area contributed by atoms with E-state index in [-0.39, 0.29) is 0 Å². The van der Waals surface area contributed by atoms with E-state index in [1.54, 1.807) is 0 Å². The maximum atomic E-state index is 13.1. The summed E-state index contributed by atoms with van der Waals surface area (Å²) in [5, 5.41) is 12.1. The fraction of sp³-hybridized carbons (Fsp3) is 0.294. The zero-order chi connectivity index (χ0) is 16.6. The molecule has 1 atom stereocenters. The first-order valence-corrected chi connectivity index (χ1v) is 8.15. The van der Waals surface area contributed by atoms with Crippen molar-refractivity contribution in [2.24, 2.45) is 0 Å². The fourth-order valence-corrected chi connectivity index (χ4v) is 3.91. The molecule has 1 aliphatic rings. The minimum absolute atomic E-state index is 0.323. The number of hydrogen-bond donors (Lipinski definition) is 2. The van der Waals surface area contributed by atoms with Crippen LogP contribution in [0.2, 0.25) is 0 Å². The number of fused-ring (bicyclic) bond motifs is 1. The third-order valence-electron chi connectivity index (χ3n) is 4.18. The van der Waals surface area contributed by atoms with Crippen molar-refractivity contribution in [1.82, 2.24) is 5.32 Å². The van der Waals surface area contributed by atoms with Gasteiger partial charge in [-0.1, -0.05) is 12.1 Å². The molecule has 1 heterocycles. The number of hydrogen-bond acceptors (Lipinski definition) is 3. The first kappa shape index (κ1) is 15.7. The van der Waals surface area contributed by atoms with Crippen LogP contribution in [0.1, 0.15) is 39.0 Å². The van der Waals surface area contributed by atoms with Gasteiger partial charge in [0.15, 0.2) is 5.54 Å². The first-order chi connectivity index (χ1) is 10.9. The van der Waals surface area contributed by atoms with Gasteiger partial charge in [-0.25, -0.2) is 9.18 Å². The monoisotopic (exact) mass is 333 g/mol. The Morgan fingerprint density at radius 1 is 1.26 bits per heavy atom. The number of carbonyl (C=O) groups excluding carboxylic acids is 1. The van der Waals surface area contributed by atoms with Crippen LogP contribution in [0.4, 0.5) is 4.39 Å². The van der Waals surface area contributed by atoms with E-state index in [9.17, 15) is 19.1 Å². The summed E-state index contributed by atoms with van der Waals surface area (Å²) in [7, 11) is 0. The van der Waals surface area contributed by atoms with Crippen molar-refractivity contribution in [3.63, 3.8) is 0 Å². The molecule has 0 aliphatic heterocycles. The van der Waals surface area contributed by atoms with Crippen LogP contribution < -0.4 is 5.32 Å². The lowest BCUT2D eigenvalue weighted by molar-refractivity contribution is -0.144. The Morgan fingerprint density at radius 3 is 2.57 bits per heavy atom. The summed E-state index contributed by atoms with van der Waals surface area (Å²) in [6.45, 7) is 1.40. The van der Waals surface area contributed by atoms with Gasteiger partial charge in [0.25, 0.3) is 5.91 Å². The molecular weight excluding hydrogens is 317 g/mol. The highest BCUT2D eigenvalue weighted by molar-refractivity contribution is 7.14. The summed E-state index contributed by atoms with van der Waals surface area (Å²) < 4.78 is 13.1. The second kappa shape index (κ2) is 5.77. The predicted molar refractivity (Wildman–Crippen MR) is 85.2 cm³/mol.